The molecule has 0 radical (unpaired) electrons. The van der Waals surface area contributed by atoms with Crippen molar-refractivity contribution < 1.29 is 18.6 Å². The number of ether oxygens (including phenoxy) is 1. The molecule has 0 aliphatic heterocycles. The zero-order chi connectivity index (χ0) is 15.6. The first-order valence-electron chi connectivity index (χ1n) is 6.64. The van der Waals surface area contributed by atoms with Gasteiger partial charge in [0.25, 0.3) is 0 Å². The second kappa shape index (κ2) is 5.82. The van der Waals surface area contributed by atoms with Crippen LogP contribution in [0.4, 0.5) is 8.78 Å². The molecule has 0 aliphatic rings. The Hall–Kier alpha value is -1.94. The van der Waals surface area contributed by atoms with Crippen molar-refractivity contribution in [2.75, 3.05) is 7.11 Å². The van der Waals surface area contributed by atoms with E-state index in [0.717, 1.165) is 5.56 Å². The first-order valence-corrected chi connectivity index (χ1v) is 6.64. The van der Waals surface area contributed by atoms with Gasteiger partial charge in [-0.15, -0.1) is 0 Å². The monoisotopic (exact) mass is 292 g/mol. The molecular weight excluding hydrogens is 274 g/mol. The fraction of sp³-hybridized carbons (Fsp3) is 0.294. The van der Waals surface area contributed by atoms with Gasteiger partial charge in [0, 0.05) is 11.0 Å². The highest BCUT2D eigenvalue weighted by Crippen LogP contribution is 2.40. The molecule has 0 heterocycles. The highest BCUT2D eigenvalue weighted by molar-refractivity contribution is 5.39. The zero-order valence-corrected chi connectivity index (χ0v) is 12.2. The maximum absolute atomic E-state index is 13.5. The van der Waals surface area contributed by atoms with Gasteiger partial charge in [0.1, 0.15) is 17.4 Å². The summed E-state index contributed by atoms with van der Waals surface area (Å²) in [6, 6.07) is 9.93. The highest BCUT2D eigenvalue weighted by atomic mass is 19.1. The maximum Gasteiger partial charge on any atom is 0.124 e. The van der Waals surface area contributed by atoms with Crippen LogP contribution < -0.4 is 4.74 Å². The topological polar surface area (TPSA) is 29.5 Å². The number of hydrogen-bond donors (Lipinski definition) is 1. The number of halogens is 2. The summed E-state index contributed by atoms with van der Waals surface area (Å²) in [5.41, 5.74) is 0.393. The Balaban J connectivity index is 2.44. The molecule has 2 nitrogen and oxygen atoms in total. The van der Waals surface area contributed by atoms with E-state index < -0.39 is 17.3 Å². The summed E-state index contributed by atoms with van der Waals surface area (Å²) in [4.78, 5) is 0. The van der Waals surface area contributed by atoms with E-state index in [4.69, 9.17) is 4.74 Å². The van der Waals surface area contributed by atoms with Crippen LogP contribution in [0.5, 0.6) is 5.75 Å². The molecule has 2 aromatic carbocycles. The minimum atomic E-state index is -0.992. The Labute approximate surface area is 123 Å². The first-order chi connectivity index (χ1) is 9.86. The predicted molar refractivity (Wildman–Crippen MR) is 77.3 cm³/mol. The third-order valence-corrected chi connectivity index (χ3v) is 3.76. The molecule has 0 fully saturated rings. The minimum Gasteiger partial charge on any atom is -0.496 e. The van der Waals surface area contributed by atoms with Crippen molar-refractivity contribution in [3.8, 4) is 5.75 Å². The largest absolute Gasteiger partial charge is 0.496 e. The van der Waals surface area contributed by atoms with Crippen molar-refractivity contribution in [1.82, 2.24) is 0 Å². The fourth-order valence-corrected chi connectivity index (χ4v) is 2.34. The van der Waals surface area contributed by atoms with E-state index in [1.165, 1.54) is 37.4 Å². The van der Waals surface area contributed by atoms with E-state index in [9.17, 15) is 13.9 Å². The van der Waals surface area contributed by atoms with Crippen molar-refractivity contribution in [2.24, 2.45) is 0 Å². The standard InChI is InChI=1S/C17H18F2O2/c1-17(2,11-4-6-12(18)7-5-11)16(20)14-10-13(19)8-9-15(14)21-3/h4-10,16,20H,1-3H3. The van der Waals surface area contributed by atoms with E-state index in [0.29, 0.717) is 11.3 Å². The fourth-order valence-electron chi connectivity index (χ4n) is 2.34. The third-order valence-electron chi connectivity index (χ3n) is 3.76. The lowest BCUT2D eigenvalue weighted by atomic mass is 9.76. The van der Waals surface area contributed by atoms with Crippen LogP contribution in [0.1, 0.15) is 31.1 Å². The van der Waals surface area contributed by atoms with E-state index in [1.54, 1.807) is 12.1 Å². The number of hydrogen-bond acceptors (Lipinski definition) is 2. The van der Waals surface area contributed by atoms with E-state index in [-0.39, 0.29) is 5.82 Å². The van der Waals surface area contributed by atoms with Crippen molar-refractivity contribution in [1.29, 1.82) is 0 Å². The Morgan fingerprint density at radius 3 is 2.14 bits per heavy atom. The summed E-state index contributed by atoms with van der Waals surface area (Å²) in [5.74, 6) is -0.369. The Bertz CT molecular complexity index is 621. The van der Waals surface area contributed by atoms with Gasteiger partial charge in [-0.3, -0.25) is 0 Å². The van der Waals surface area contributed by atoms with Gasteiger partial charge in [0.15, 0.2) is 0 Å². The summed E-state index contributed by atoms with van der Waals surface area (Å²) in [6.45, 7) is 3.63. The van der Waals surface area contributed by atoms with Gasteiger partial charge < -0.3 is 9.84 Å². The normalized spacial score (nSPS) is 13.0. The molecule has 21 heavy (non-hydrogen) atoms. The molecular formula is C17H18F2O2. The molecule has 112 valence electrons. The molecule has 0 amide bonds. The smallest absolute Gasteiger partial charge is 0.124 e. The number of aliphatic hydroxyl groups excluding tert-OH is 1. The zero-order valence-electron chi connectivity index (χ0n) is 12.2. The molecule has 0 bridgehead atoms. The second-order valence-corrected chi connectivity index (χ2v) is 5.52. The molecule has 1 unspecified atom stereocenters. The van der Waals surface area contributed by atoms with Gasteiger partial charge in [-0.25, -0.2) is 8.78 Å². The average molecular weight is 292 g/mol. The minimum absolute atomic E-state index is 0.340. The molecule has 1 N–H and O–H groups in total. The lowest BCUT2D eigenvalue weighted by Crippen LogP contribution is -2.27. The quantitative estimate of drug-likeness (QED) is 0.923. The average Bonchev–Trinajstić information content (AvgIpc) is 2.46. The van der Waals surface area contributed by atoms with Gasteiger partial charge in [-0.2, -0.15) is 0 Å². The van der Waals surface area contributed by atoms with Crippen molar-refractivity contribution >= 4 is 0 Å². The molecule has 0 saturated heterocycles. The molecule has 2 rings (SSSR count). The molecule has 1 atom stereocenters. The van der Waals surface area contributed by atoms with Crippen LogP contribution in [0.15, 0.2) is 42.5 Å². The van der Waals surface area contributed by atoms with Crippen molar-refractivity contribution in [2.45, 2.75) is 25.4 Å². The van der Waals surface area contributed by atoms with Crippen molar-refractivity contribution in [3.63, 3.8) is 0 Å². The summed E-state index contributed by atoms with van der Waals surface area (Å²) < 4.78 is 31.7. The lowest BCUT2D eigenvalue weighted by molar-refractivity contribution is 0.0970. The maximum atomic E-state index is 13.5. The molecule has 0 aromatic heterocycles. The van der Waals surface area contributed by atoms with E-state index >= 15 is 0 Å². The molecule has 4 heteroatoms. The van der Waals surface area contributed by atoms with Crippen LogP contribution in [-0.4, -0.2) is 12.2 Å². The number of methoxy groups -OCH3 is 1. The van der Waals surface area contributed by atoms with Gasteiger partial charge in [-0.1, -0.05) is 26.0 Å². The second-order valence-electron chi connectivity index (χ2n) is 5.52. The van der Waals surface area contributed by atoms with Crippen LogP contribution in [0.3, 0.4) is 0 Å². The Morgan fingerprint density at radius 1 is 1.00 bits per heavy atom. The van der Waals surface area contributed by atoms with Crippen LogP contribution in [0.25, 0.3) is 0 Å². The lowest BCUT2D eigenvalue weighted by Gasteiger charge is -2.32. The Morgan fingerprint density at radius 2 is 1.57 bits per heavy atom. The number of benzene rings is 2. The predicted octanol–water partition coefficient (Wildman–Crippen LogP) is 3.98. The summed E-state index contributed by atoms with van der Waals surface area (Å²) in [6.07, 6.45) is -0.992. The SMILES string of the molecule is COc1ccc(F)cc1C(O)C(C)(C)c1ccc(F)cc1. The molecule has 0 spiro atoms. The van der Waals surface area contributed by atoms with E-state index in [1.807, 2.05) is 13.8 Å². The summed E-state index contributed by atoms with van der Waals surface area (Å²) in [7, 11) is 1.47. The van der Waals surface area contributed by atoms with Gasteiger partial charge >= 0.3 is 0 Å². The van der Waals surface area contributed by atoms with Crippen LogP contribution in [0, 0.1) is 11.6 Å². The first kappa shape index (κ1) is 15.4. The van der Waals surface area contributed by atoms with Gasteiger partial charge in [-0.05, 0) is 35.9 Å². The molecule has 0 aliphatic carbocycles. The summed E-state index contributed by atoms with van der Waals surface area (Å²) >= 11 is 0. The third kappa shape index (κ3) is 3.05. The number of aliphatic hydroxyl groups is 1. The van der Waals surface area contributed by atoms with Crippen LogP contribution >= 0.6 is 0 Å². The highest BCUT2D eigenvalue weighted by Gasteiger charge is 2.33. The van der Waals surface area contributed by atoms with E-state index in [2.05, 4.69) is 0 Å². The van der Waals surface area contributed by atoms with Crippen LogP contribution in [0.2, 0.25) is 0 Å². The van der Waals surface area contributed by atoms with Gasteiger partial charge in [0.05, 0.1) is 13.2 Å². The Kier molecular flexibility index (Phi) is 4.28. The summed E-state index contributed by atoms with van der Waals surface area (Å²) in [5, 5.41) is 10.7. The van der Waals surface area contributed by atoms with Crippen LogP contribution in [-0.2, 0) is 5.41 Å². The van der Waals surface area contributed by atoms with Gasteiger partial charge in [0.2, 0.25) is 0 Å². The molecule has 2 aromatic rings. The van der Waals surface area contributed by atoms with Crippen molar-refractivity contribution in [3.05, 3.63) is 65.2 Å². The molecule has 0 saturated carbocycles. The number of rotatable bonds is 4.